The van der Waals surface area contributed by atoms with Gasteiger partial charge < -0.3 is 19.1 Å². The van der Waals surface area contributed by atoms with Crippen molar-refractivity contribution in [3.63, 3.8) is 0 Å². The highest BCUT2D eigenvalue weighted by Crippen LogP contribution is 2.19. The van der Waals surface area contributed by atoms with Gasteiger partial charge in [0.2, 0.25) is 0 Å². The van der Waals surface area contributed by atoms with Gasteiger partial charge in [0.15, 0.2) is 5.16 Å². The Hall–Kier alpha value is -1.73. The van der Waals surface area contributed by atoms with Gasteiger partial charge in [0, 0.05) is 12.8 Å². The van der Waals surface area contributed by atoms with Crippen LogP contribution in [0, 0.1) is 0 Å². The lowest BCUT2D eigenvalue weighted by molar-refractivity contribution is 0.126. The second-order valence-electron chi connectivity index (χ2n) is 4.40. The highest BCUT2D eigenvalue weighted by Gasteiger charge is 2.09. The maximum atomic E-state index is 9.91. The summed E-state index contributed by atoms with van der Waals surface area (Å²) in [6.07, 6.45) is 1.06. The number of aromatic nitrogens is 3. The Labute approximate surface area is 128 Å². The van der Waals surface area contributed by atoms with Crippen LogP contribution in [0.3, 0.4) is 0 Å². The Bertz CT molecular complexity index is 545. The monoisotopic (exact) mass is 309 g/mol. The number of nitrogens with zero attached hydrogens (tertiary/aromatic N) is 3. The van der Waals surface area contributed by atoms with Crippen LogP contribution in [-0.2, 0) is 7.05 Å². The lowest BCUT2D eigenvalue weighted by Gasteiger charge is -2.12. The molecule has 1 unspecified atom stereocenters. The highest BCUT2D eigenvalue weighted by atomic mass is 32.2. The summed E-state index contributed by atoms with van der Waals surface area (Å²) in [6.45, 7) is 2.81. The summed E-state index contributed by atoms with van der Waals surface area (Å²) in [7, 11) is 1.87. The van der Waals surface area contributed by atoms with Gasteiger partial charge >= 0.3 is 0 Å². The zero-order valence-electron chi connectivity index (χ0n) is 12.1. The fourth-order valence-electron chi connectivity index (χ4n) is 1.61. The van der Waals surface area contributed by atoms with E-state index in [9.17, 15) is 5.11 Å². The molecule has 0 aliphatic rings. The van der Waals surface area contributed by atoms with E-state index in [-0.39, 0.29) is 6.61 Å². The Balaban J connectivity index is 1.73. The molecule has 0 saturated carbocycles. The van der Waals surface area contributed by atoms with Crippen LogP contribution in [0.15, 0.2) is 35.7 Å². The molecule has 21 heavy (non-hydrogen) atoms. The Morgan fingerprint density at radius 2 is 1.90 bits per heavy atom. The van der Waals surface area contributed by atoms with E-state index in [2.05, 4.69) is 10.2 Å². The second kappa shape index (κ2) is 7.90. The molecule has 2 rings (SSSR count). The van der Waals surface area contributed by atoms with Crippen molar-refractivity contribution >= 4 is 11.8 Å². The number of hydrogen-bond donors (Lipinski definition) is 1. The van der Waals surface area contributed by atoms with E-state index in [0.29, 0.717) is 18.1 Å². The van der Waals surface area contributed by atoms with E-state index in [1.165, 1.54) is 11.8 Å². The number of ether oxygens (including phenoxy) is 2. The first-order chi connectivity index (χ1) is 10.2. The standard InChI is InChI=1S/C14H19N3O3S/c1-3-19-12-4-6-13(7-5-12)20-8-11(18)9-21-14-16-15-10-17(14)2/h4-7,10-11,18H,3,8-9H2,1-2H3. The molecule has 7 heteroatoms. The Morgan fingerprint density at radius 1 is 1.24 bits per heavy atom. The number of benzene rings is 1. The van der Waals surface area contributed by atoms with Gasteiger partial charge in [-0.3, -0.25) is 0 Å². The zero-order chi connectivity index (χ0) is 15.1. The van der Waals surface area contributed by atoms with Gasteiger partial charge in [0.1, 0.15) is 24.4 Å². The molecule has 0 saturated heterocycles. The molecule has 2 aromatic rings. The van der Waals surface area contributed by atoms with E-state index in [0.717, 1.165) is 10.9 Å². The van der Waals surface area contributed by atoms with Gasteiger partial charge in [-0.2, -0.15) is 0 Å². The molecule has 114 valence electrons. The molecule has 1 aromatic heterocycles. The van der Waals surface area contributed by atoms with Gasteiger partial charge in [-0.05, 0) is 31.2 Å². The Morgan fingerprint density at radius 3 is 2.48 bits per heavy atom. The third kappa shape index (κ3) is 4.95. The molecule has 0 bridgehead atoms. The first-order valence-corrected chi connectivity index (χ1v) is 7.68. The lowest BCUT2D eigenvalue weighted by atomic mass is 10.3. The van der Waals surface area contributed by atoms with Crippen molar-refractivity contribution in [2.24, 2.45) is 7.05 Å². The molecule has 0 radical (unpaired) electrons. The van der Waals surface area contributed by atoms with Gasteiger partial charge in [-0.15, -0.1) is 10.2 Å². The van der Waals surface area contributed by atoms with Crippen molar-refractivity contribution in [3.05, 3.63) is 30.6 Å². The average Bonchev–Trinajstić information content (AvgIpc) is 2.90. The molecule has 0 amide bonds. The van der Waals surface area contributed by atoms with Crippen LogP contribution >= 0.6 is 11.8 Å². The van der Waals surface area contributed by atoms with Gasteiger partial charge in [-0.1, -0.05) is 11.8 Å². The highest BCUT2D eigenvalue weighted by molar-refractivity contribution is 7.99. The predicted molar refractivity (Wildman–Crippen MR) is 80.8 cm³/mol. The van der Waals surface area contributed by atoms with E-state index >= 15 is 0 Å². The minimum Gasteiger partial charge on any atom is -0.494 e. The number of aliphatic hydroxyl groups excluding tert-OH is 1. The first-order valence-electron chi connectivity index (χ1n) is 6.69. The van der Waals surface area contributed by atoms with Crippen LogP contribution in [0.5, 0.6) is 11.5 Å². The van der Waals surface area contributed by atoms with Gasteiger partial charge in [0.25, 0.3) is 0 Å². The summed E-state index contributed by atoms with van der Waals surface area (Å²) in [5.74, 6) is 2.02. The minimum atomic E-state index is -0.571. The van der Waals surface area contributed by atoms with Crippen molar-refractivity contribution in [2.45, 2.75) is 18.2 Å². The number of rotatable bonds is 8. The molecule has 0 spiro atoms. The van der Waals surface area contributed by atoms with Crippen molar-refractivity contribution in [2.75, 3.05) is 19.0 Å². The third-order valence-electron chi connectivity index (χ3n) is 2.65. The SMILES string of the molecule is CCOc1ccc(OCC(O)CSc2nncn2C)cc1. The van der Waals surface area contributed by atoms with Crippen LogP contribution in [0.1, 0.15) is 6.92 Å². The van der Waals surface area contributed by atoms with Crippen LogP contribution in [0.25, 0.3) is 0 Å². The molecule has 0 fully saturated rings. The second-order valence-corrected chi connectivity index (χ2v) is 5.39. The topological polar surface area (TPSA) is 69.4 Å². The van der Waals surface area contributed by atoms with Crippen molar-refractivity contribution in [1.82, 2.24) is 14.8 Å². The van der Waals surface area contributed by atoms with Gasteiger partial charge in [0.05, 0.1) is 12.7 Å². The Kier molecular flexibility index (Phi) is 5.89. The van der Waals surface area contributed by atoms with Crippen molar-refractivity contribution in [1.29, 1.82) is 0 Å². The normalized spacial score (nSPS) is 12.1. The molecule has 1 heterocycles. The minimum absolute atomic E-state index is 0.235. The maximum Gasteiger partial charge on any atom is 0.190 e. The molecule has 1 atom stereocenters. The van der Waals surface area contributed by atoms with E-state index < -0.39 is 6.10 Å². The molecule has 1 aromatic carbocycles. The molecule has 1 N–H and O–H groups in total. The zero-order valence-corrected chi connectivity index (χ0v) is 12.9. The van der Waals surface area contributed by atoms with Crippen LogP contribution < -0.4 is 9.47 Å². The smallest absolute Gasteiger partial charge is 0.190 e. The van der Waals surface area contributed by atoms with Crippen LogP contribution in [0.2, 0.25) is 0 Å². The first kappa shape index (κ1) is 15.7. The van der Waals surface area contributed by atoms with Crippen molar-refractivity contribution in [3.8, 4) is 11.5 Å². The fourth-order valence-corrected chi connectivity index (χ4v) is 2.41. The summed E-state index contributed by atoms with van der Waals surface area (Å²) in [5, 5.41) is 18.4. The van der Waals surface area contributed by atoms with Crippen LogP contribution in [0.4, 0.5) is 0 Å². The lowest BCUT2D eigenvalue weighted by Crippen LogP contribution is -2.20. The fraction of sp³-hybridized carbons (Fsp3) is 0.429. The molecule has 0 aliphatic heterocycles. The third-order valence-corrected chi connectivity index (χ3v) is 3.83. The summed E-state index contributed by atoms with van der Waals surface area (Å²) < 4.78 is 12.7. The van der Waals surface area contributed by atoms with Gasteiger partial charge in [-0.25, -0.2) is 0 Å². The molecule has 6 nitrogen and oxygen atoms in total. The number of hydrogen-bond acceptors (Lipinski definition) is 6. The molecular formula is C14H19N3O3S. The average molecular weight is 309 g/mol. The quantitative estimate of drug-likeness (QED) is 0.749. The number of thioether (sulfide) groups is 1. The summed E-state index contributed by atoms with van der Waals surface area (Å²) in [4.78, 5) is 0. The summed E-state index contributed by atoms with van der Waals surface area (Å²) in [5.41, 5.74) is 0. The van der Waals surface area contributed by atoms with E-state index in [4.69, 9.17) is 9.47 Å². The summed E-state index contributed by atoms with van der Waals surface area (Å²) >= 11 is 1.45. The van der Waals surface area contributed by atoms with E-state index in [1.54, 1.807) is 6.33 Å². The maximum absolute atomic E-state index is 9.91. The number of aryl methyl sites for hydroxylation is 1. The van der Waals surface area contributed by atoms with E-state index in [1.807, 2.05) is 42.8 Å². The molecule has 0 aliphatic carbocycles. The summed E-state index contributed by atoms with van der Waals surface area (Å²) in [6, 6.07) is 7.35. The molecular weight excluding hydrogens is 290 g/mol. The number of aliphatic hydroxyl groups is 1. The van der Waals surface area contributed by atoms with Crippen molar-refractivity contribution < 1.29 is 14.6 Å². The predicted octanol–water partition coefficient (Wildman–Crippen LogP) is 1.75. The largest absolute Gasteiger partial charge is 0.494 e. The van der Waals surface area contributed by atoms with Crippen LogP contribution in [-0.4, -0.2) is 44.9 Å².